The van der Waals surface area contributed by atoms with E-state index >= 15 is 0 Å². The number of nitrogens with two attached hydrogens (primary N) is 1. The van der Waals surface area contributed by atoms with Crippen LogP contribution in [0.1, 0.15) is 5.56 Å². The molecule has 0 bridgehead atoms. The van der Waals surface area contributed by atoms with E-state index in [0.717, 1.165) is 0 Å². The molecule has 0 saturated heterocycles. The van der Waals surface area contributed by atoms with Crippen molar-refractivity contribution in [3.63, 3.8) is 0 Å². The quantitative estimate of drug-likeness (QED) is 0.676. The Balaban J connectivity index is 2.12. The summed E-state index contributed by atoms with van der Waals surface area (Å²) in [7, 11) is -3.81. The zero-order valence-corrected chi connectivity index (χ0v) is 12.4. The van der Waals surface area contributed by atoms with Crippen LogP contribution in [0.2, 0.25) is 5.02 Å². The van der Waals surface area contributed by atoms with Gasteiger partial charge in [-0.25, -0.2) is 5.14 Å². The van der Waals surface area contributed by atoms with Crippen LogP contribution in [-0.2, 0) is 16.8 Å². The van der Waals surface area contributed by atoms with Gasteiger partial charge in [0.1, 0.15) is 5.75 Å². The van der Waals surface area contributed by atoms with Crippen LogP contribution in [0.3, 0.4) is 0 Å². The Morgan fingerprint density at radius 1 is 1.14 bits per heavy atom. The molecule has 2 rings (SSSR count). The van der Waals surface area contributed by atoms with Crippen LogP contribution < -0.4 is 15.2 Å². The van der Waals surface area contributed by atoms with Crippen LogP contribution in [0.15, 0.2) is 42.5 Å². The lowest BCUT2D eigenvalue weighted by Crippen LogP contribution is -2.21. The Labute approximate surface area is 127 Å². The van der Waals surface area contributed by atoms with E-state index in [2.05, 4.69) is 10.0 Å². The van der Waals surface area contributed by atoms with E-state index in [1.807, 2.05) is 0 Å². The smallest absolute Gasteiger partial charge is 0.296 e. The van der Waals surface area contributed by atoms with E-state index < -0.39 is 10.2 Å². The molecule has 0 spiro atoms. The summed E-state index contributed by atoms with van der Waals surface area (Å²) in [5.74, 6) is 0.0915. The van der Waals surface area contributed by atoms with Crippen molar-refractivity contribution in [2.75, 3.05) is 10.0 Å². The monoisotopic (exact) mass is 327 g/mol. The third-order valence-electron chi connectivity index (χ3n) is 2.69. The number of rotatable bonds is 5. The van der Waals surface area contributed by atoms with Crippen molar-refractivity contribution >= 4 is 33.2 Å². The molecule has 0 aliphatic heterocycles. The molecule has 0 aromatic heterocycles. The number of hydrogen-bond acceptors (Lipinski definition) is 4. The second-order valence-corrected chi connectivity index (χ2v) is 6.02. The fraction of sp³-hybridized carbons (Fsp3) is 0.0769. The third kappa shape index (κ3) is 4.52. The second kappa shape index (κ2) is 6.21. The summed E-state index contributed by atoms with van der Waals surface area (Å²) >= 11 is 6.01. The number of phenolic OH excluding ortho intramolecular Hbond substituents is 1. The van der Waals surface area contributed by atoms with Gasteiger partial charge in [-0.1, -0.05) is 23.7 Å². The molecule has 2 aromatic rings. The molecule has 21 heavy (non-hydrogen) atoms. The van der Waals surface area contributed by atoms with Gasteiger partial charge in [0.15, 0.2) is 0 Å². The highest BCUT2D eigenvalue weighted by molar-refractivity contribution is 7.90. The number of phenols is 1. The number of hydrogen-bond donors (Lipinski definition) is 4. The maximum absolute atomic E-state index is 11.0. The molecular formula is C13H14ClN3O3S. The Kier molecular flexibility index (Phi) is 4.56. The molecule has 0 aliphatic rings. The molecule has 0 atom stereocenters. The van der Waals surface area contributed by atoms with Crippen LogP contribution in [-0.4, -0.2) is 13.5 Å². The van der Waals surface area contributed by atoms with Gasteiger partial charge in [0, 0.05) is 22.8 Å². The van der Waals surface area contributed by atoms with Crippen LogP contribution in [0.25, 0.3) is 0 Å². The lowest BCUT2D eigenvalue weighted by Gasteiger charge is -2.11. The van der Waals surface area contributed by atoms with Crippen molar-refractivity contribution in [1.82, 2.24) is 0 Å². The summed E-state index contributed by atoms with van der Waals surface area (Å²) < 4.78 is 24.1. The normalized spacial score (nSPS) is 11.1. The highest BCUT2D eigenvalue weighted by atomic mass is 35.5. The number of nitrogens with one attached hydrogen (secondary N) is 2. The Morgan fingerprint density at radius 3 is 2.48 bits per heavy atom. The van der Waals surface area contributed by atoms with E-state index in [1.54, 1.807) is 42.5 Å². The third-order valence-corrected chi connectivity index (χ3v) is 3.56. The van der Waals surface area contributed by atoms with Gasteiger partial charge in [-0.3, -0.25) is 4.72 Å². The van der Waals surface area contributed by atoms with Crippen molar-refractivity contribution in [2.24, 2.45) is 5.14 Å². The topological polar surface area (TPSA) is 104 Å². The second-order valence-electron chi connectivity index (χ2n) is 4.32. The van der Waals surface area contributed by atoms with E-state index in [0.29, 0.717) is 28.5 Å². The van der Waals surface area contributed by atoms with Gasteiger partial charge in [0.2, 0.25) is 0 Å². The first-order valence-corrected chi connectivity index (χ1v) is 7.88. The van der Waals surface area contributed by atoms with Gasteiger partial charge in [-0.15, -0.1) is 0 Å². The van der Waals surface area contributed by atoms with E-state index in [4.69, 9.17) is 16.7 Å². The fourth-order valence-electron chi connectivity index (χ4n) is 1.77. The molecule has 0 radical (unpaired) electrons. The Hall–Kier alpha value is -1.96. The first kappa shape index (κ1) is 15.4. The van der Waals surface area contributed by atoms with Crippen LogP contribution in [0.4, 0.5) is 11.4 Å². The molecule has 0 heterocycles. The molecule has 8 heteroatoms. The number of anilines is 2. The Morgan fingerprint density at radius 2 is 1.81 bits per heavy atom. The van der Waals surface area contributed by atoms with Crippen molar-refractivity contribution in [3.05, 3.63) is 53.1 Å². The number of halogens is 1. The summed E-state index contributed by atoms with van der Waals surface area (Å²) in [6.07, 6.45) is 0. The summed E-state index contributed by atoms with van der Waals surface area (Å²) in [5.41, 5.74) is 1.55. The molecule has 0 saturated carbocycles. The summed E-state index contributed by atoms with van der Waals surface area (Å²) in [4.78, 5) is 0. The van der Waals surface area contributed by atoms with E-state index in [9.17, 15) is 13.5 Å². The molecule has 5 N–H and O–H groups in total. The average Bonchev–Trinajstić information content (AvgIpc) is 2.36. The fourth-order valence-corrected chi connectivity index (χ4v) is 2.46. The zero-order valence-electron chi connectivity index (χ0n) is 10.9. The zero-order chi connectivity index (χ0) is 15.5. The summed E-state index contributed by atoms with van der Waals surface area (Å²) in [6.45, 7) is 0.296. The molecule has 112 valence electrons. The van der Waals surface area contributed by atoms with E-state index in [-0.39, 0.29) is 5.75 Å². The first-order chi connectivity index (χ1) is 9.85. The Bertz CT molecular complexity index is 730. The predicted molar refractivity (Wildman–Crippen MR) is 83.6 cm³/mol. The van der Waals surface area contributed by atoms with Crippen molar-refractivity contribution in [2.45, 2.75) is 6.54 Å². The minimum absolute atomic E-state index is 0.0915. The number of aromatic hydroxyl groups is 1. The molecule has 6 nitrogen and oxygen atoms in total. The minimum Gasteiger partial charge on any atom is -0.508 e. The van der Waals surface area contributed by atoms with Gasteiger partial charge < -0.3 is 10.4 Å². The minimum atomic E-state index is -3.81. The van der Waals surface area contributed by atoms with Crippen LogP contribution in [0, 0.1) is 0 Å². The van der Waals surface area contributed by atoms with Crippen molar-refractivity contribution < 1.29 is 13.5 Å². The standard InChI is InChI=1S/C13H14ClN3O3S/c14-12-5-2-6-13(18)11(12)8-16-9-3-1-4-10(7-9)17-21(15,19)20/h1-7,16-18H,8H2,(H2,15,19,20). The van der Waals surface area contributed by atoms with Crippen molar-refractivity contribution in [1.29, 1.82) is 0 Å². The molecule has 0 fully saturated rings. The SMILES string of the molecule is NS(=O)(=O)Nc1cccc(NCc2c(O)cccc2Cl)c1. The molecular weight excluding hydrogens is 314 g/mol. The van der Waals surface area contributed by atoms with Gasteiger partial charge in [-0.2, -0.15) is 8.42 Å². The average molecular weight is 328 g/mol. The largest absolute Gasteiger partial charge is 0.508 e. The molecule has 0 unspecified atom stereocenters. The van der Waals surface area contributed by atoms with Gasteiger partial charge in [0.25, 0.3) is 10.2 Å². The first-order valence-electron chi connectivity index (χ1n) is 5.96. The maximum atomic E-state index is 11.0. The molecule has 0 aliphatic carbocycles. The molecule has 2 aromatic carbocycles. The molecule has 0 amide bonds. The number of benzene rings is 2. The van der Waals surface area contributed by atoms with Gasteiger partial charge >= 0.3 is 0 Å². The maximum Gasteiger partial charge on any atom is 0.296 e. The summed E-state index contributed by atoms with van der Waals surface area (Å²) in [6, 6.07) is 11.4. The summed E-state index contributed by atoms with van der Waals surface area (Å²) in [5, 5.41) is 18.2. The van der Waals surface area contributed by atoms with E-state index in [1.165, 1.54) is 0 Å². The lowest BCUT2D eigenvalue weighted by molar-refractivity contribution is 0.469. The highest BCUT2D eigenvalue weighted by Crippen LogP contribution is 2.26. The van der Waals surface area contributed by atoms with Crippen LogP contribution in [0.5, 0.6) is 5.75 Å². The van der Waals surface area contributed by atoms with Crippen molar-refractivity contribution in [3.8, 4) is 5.75 Å². The van der Waals surface area contributed by atoms with Gasteiger partial charge in [-0.05, 0) is 30.3 Å². The lowest BCUT2D eigenvalue weighted by atomic mass is 10.2. The van der Waals surface area contributed by atoms with Gasteiger partial charge in [0.05, 0.1) is 5.69 Å². The highest BCUT2D eigenvalue weighted by Gasteiger charge is 2.07. The van der Waals surface area contributed by atoms with Crippen LogP contribution >= 0.6 is 11.6 Å². The predicted octanol–water partition coefficient (Wildman–Crippen LogP) is 2.27.